The summed E-state index contributed by atoms with van der Waals surface area (Å²) in [4.78, 5) is 23.8. The highest BCUT2D eigenvalue weighted by atomic mass is 79.9. The molecule has 1 aromatic rings. The number of amides is 1. The molecule has 1 aliphatic rings. The van der Waals surface area contributed by atoms with E-state index in [9.17, 15) is 14.0 Å². The molecule has 0 saturated heterocycles. The van der Waals surface area contributed by atoms with Crippen LogP contribution in [0.2, 0.25) is 0 Å². The number of carbonyl (C=O) groups excluding carboxylic acids is 2. The second kappa shape index (κ2) is 7.90. The van der Waals surface area contributed by atoms with E-state index < -0.39 is 18.4 Å². The molecule has 0 unspecified atom stereocenters. The maximum Gasteiger partial charge on any atom is 0.341 e. The third-order valence-corrected chi connectivity index (χ3v) is 5.03. The first-order valence-corrected chi connectivity index (χ1v) is 8.59. The molecule has 6 heteroatoms. The zero-order chi connectivity index (χ0) is 17.0. The molecule has 1 saturated carbocycles. The summed E-state index contributed by atoms with van der Waals surface area (Å²) in [7, 11) is 0. The molecule has 0 heterocycles. The van der Waals surface area contributed by atoms with Crippen molar-refractivity contribution in [3.05, 3.63) is 34.1 Å². The largest absolute Gasteiger partial charge is 0.452 e. The molecule has 0 radical (unpaired) electrons. The second-order valence-electron chi connectivity index (χ2n) is 6.14. The van der Waals surface area contributed by atoms with E-state index in [1.54, 1.807) is 0 Å². The number of halogens is 2. The van der Waals surface area contributed by atoms with E-state index in [-0.39, 0.29) is 17.5 Å². The predicted molar refractivity (Wildman–Crippen MR) is 88.5 cm³/mol. The number of hydrogen-bond donors (Lipinski definition) is 1. The summed E-state index contributed by atoms with van der Waals surface area (Å²) in [5.74, 6) is -0.907. The Balaban J connectivity index is 1.86. The highest BCUT2D eigenvalue weighted by molar-refractivity contribution is 9.10. The molecule has 126 valence electrons. The highest BCUT2D eigenvalue weighted by Gasteiger charge is 2.28. The molecule has 0 bridgehead atoms. The van der Waals surface area contributed by atoms with E-state index in [0.29, 0.717) is 16.3 Å². The zero-order valence-electron chi connectivity index (χ0n) is 13.3. The van der Waals surface area contributed by atoms with Gasteiger partial charge in [0.15, 0.2) is 6.61 Å². The molecule has 1 fully saturated rings. The van der Waals surface area contributed by atoms with Crippen LogP contribution in [0.4, 0.5) is 4.39 Å². The number of esters is 1. The SMILES string of the molecule is C[C@@H]1[C@H](C)CCC[C@@H]1NC(=O)COC(=O)c1cc(Br)ccc1F. The molecule has 0 aromatic heterocycles. The van der Waals surface area contributed by atoms with Gasteiger partial charge >= 0.3 is 5.97 Å². The summed E-state index contributed by atoms with van der Waals surface area (Å²) in [5.41, 5.74) is -0.188. The van der Waals surface area contributed by atoms with E-state index >= 15 is 0 Å². The van der Waals surface area contributed by atoms with Gasteiger partial charge in [-0.05, 0) is 36.5 Å². The van der Waals surface area contributed by atoms with E-state index in [1.165, 1.54) is 24.6 Å². The van der Waals surface area contributed by atoms with Crippen molar-refractivity contribution in [2.75, 3.05) is 6.61 Å². The van der Waals surface area contributed by atoms with Crippen LogP contribution in [0.3, 0.4) is 0 Å². The Morgan fingerprint density at radius 3 is 2.83 bits per heavy atom. The monoisotopic (exact) mass is 385 g/mol. The van der Waals surface area contributed by atoms with Crippen LogP contribution in [0, 0.1) is 17.7 Å². The fourth-order valence-corrected chi connectivity index (χ4v) is 3.26. The lowest BCUT2D eigenvalue weighted by molar-refractivity contribution is -0.125. The van der Waals surface area contributed by atoms with Crippen LogP contribution in [-0.4, -0.2) is 24.5 Å². The summed E-state index contributed by atoms with van der Waals surface area (Å²) in [6.45, 7) is 3.90. The number of hydrogen-bond acceptors (Lipinski definition) is 3. The first-order valence-electron chi connectivity index (χ1n) is 7.80. The van der Waals surface area contributed by atoms with Gasteiger partial charge in [0.25, 0.3) is 5.91 Å². The van der Waals surface area contributed by atoms with Gasteiger partial charge in [-0.1, -0.05) is 42.6 Å². The Hall–Kier alpha value is -1.43. The average molecular weight is 386 g/mol. The Kier molecular flexibility index (Phi) is 6.16. The molecule has 0 spiro atoms. The van der Waals surface area contributed by atoms with Crippen molar-refractivity contribution in [3.8, 4) is 0 Å². The predicted octanol–water partition coefficient (Wildman–Crippen LogP) is 3.69. The molecule has 23 heavy (non-hydrogen) atoms. The lowest BCUT2D eigenvalue weighted by atomic mass is 9.78. The molecular formula is C17H21BrFNO3. The Labute approximate surface area is 143 Å². The fourth-order valence-electron chi connectivity index (χ4n) is 2.90. The number of carbonyl (C=O) groups is 2. The Morgan fingerprint density at radius 1 is 1.35 bits per heavy atom. The summed E-state index contributed by atoms with van der Waals surface area (Å²) in [6, 6.07) is 4.10. The van der Waals surface area contributed by atoms with E-state index in [1.807, 2.05) is 0 Å². The molecule has 3 atom stereocenters. The summed E-state index contributed by atoms with van der Waals surface area (Å²) >= 11 is 3.17. The fraction of sp³-hybridized carbons (Fsp3) is 0.529. The summed E-state index contributed by atoms with van der Waals surface area (Å²) in [6.07, 6.45) is 3.19. The van der Waals surface area contributed by atoms with Crippen LogP contribution in [0.5, 0.6) is 0 Å². The standard InChI is InChI=1S/C17H21BrFNO3/c1-10-4-3-5-15(11(10)2)20-16(21)9-23-17(22)13-8-12(18)6-7-14(13)19/h6-8,10-11,15H,3-5,9H2,1-2H3,(H,20,21)/t10-,11-,15+/m1/s1. The summed E-state index contributed by atoms with van der Waals surface area (Å²) < 4.78 is 19.1. The van der Waals surface area contributed by atoms with Gasteiger partial charge in [-0.2, -0.15) is 0 Å². The molecule has 0 aliphatic heterocycles. The van der Waals surface area contributed by atoms with Gasteiger partial charge in [0.2, 0.25) is 0 Å². The number of ether oxygens (including phenoxy) is 1. The van der Waals surface area contributed by atoms with Crippen molar-refractivity contribution < 1.29 is 18.7 Å². The minimum absolute atomic E-state index is 0.104. The van der Waals surface area contributed by atoms with Crippen molar-refractivity contribution >= 4 is 27.8 Å². The van der Waals surface area contributed by atoms with Gasteiger partial charge in [0.05, 0.1) is 5.56 Å². The highest BCUT2D eigenvalue weighted by Crippen LogP contribution is 2.29. The van der Waals surface area contributed by atoms with E-state index in [0.717, 1.165) is 12.8 Å². The maximum atomic E-state index is 13.6. The minimum atomic E-state index is -0.844. The third-order valence-electron chi connectivity index (χ3n) is 4.54. The lowest BCUT2D eigenvalue weighted by Gasteiger charge is -2.34. The van der Waals surface area contributed by atoms with Crippen LogP contribution in [0.1, 0.15) is 43.5 Å². The van der Waals surface area contributed by atoms with Crippen molar-refractivity contribution in [2.45, 2.75) is 39.2 Å². The van der Waals surface area contributed by atoms with Gasteiger partial charge in [0.1, 0.15) is 5.82 Å². The number of rotatable bonds is 4. The quantitative estimate of drug-likeness (QED) is 0.804. The van der Waals surface area contributed by atoms with Crippen LogP contribution in [0.15, 0.2) is 22.7 Å². The Morgan fingerprint density at radius 2 is 2.09 bits per heavy atom. The minimum Gasteiger partial charge on any atom is -0.452 e. The summed E-state index contributed by atoms with van der Waals surface area (Å²) in [5, 5.41) is 2.91. The zero-order valence-corrected chi connectivity index (χ0v) is 14.9. The molecule has 1 amide bonds. The second-order valence-corrected chi connectivity index (χ2v) is 7.06. The van der Waals surface area contributed by atoms with Crippen molar-refractivity contribution in [3.63, 3.8) is 0 Å². The van der Waals surface area contributed by atoms with Gasteiger partial charge in [0, 0.05) is 10.5 Å². The first kappa shape index (κ1) is 17.9. The molecular weight excluding hydrogens is 365 g/mol. The van der Waals surface area contributed by atoms with Crippen molar-refractivity contribution in [1.82, 2.24) is 5.32 Å². The normalized spacial score (nSPS) is 24.1. The van der Waals surface area contributed by atoms with Gasteiger partial charge in [-0.3, -0.25) is 4.79 Å². The smallest absolute Gasteiger partial charge is 0.341 e. The van der Waals surface area contributed by atoms with Crippen LogP contribution in [0.25, 0.3) is 0 Å². The molecule has 1 N–H and O–H groups in total. The molecule has 4 nitrogen and oxygen atoms in total. The molecule has 2 rings (SSSR count). The van der Waals surface area contributed by atoms with Crippen molar-refractivity contribution in [2.24, 2.45) is 11.8 Å². The lowest BCUT2D eigenvalue weighted by Crippen LogP contribution is -2.45. The van der Waals surface area contributed by atoms with E-state index in [2.05, 4.69) is 35.1 Å². The van der Waals surface area contributed by atoms with Gasteiger partial charge in [-0.25, -0.2) is 9.18 Å². The molecule has 1 aromatic carbocycles. The van der Waals surface area contributed by atoms with Crippen LogP contribution >= 0.6 is 15.9 Å². The van der Waals surface area contributed by atoms with Gasteiger partial charge < -0.3 is 10.1 Å². The van der Waals surface area contributed by atoms with Gasteiger partial charge in [-0.15, -0.1) is 0 Å². The topological polar surface area (TPSA) is 55.4 Å². The Bertz CT molecular complexity index is 593. The van der Waals surface area contributed by atoms with Crippen LogP contribution in [-0.2, 0) is 9.53 Å². The maximum absolute atomic E-state index is 13.6. The average Bonchev–Trinajstić information content (AvgIpc) is 2.52. The molecule has 1 aliphatic carbocycles. The number of benzene rings is 1. The first-order chi connectivity index (χ1) is 10.9. The van der Waals surface area contributed by atoms with Crippen LogP contribution < -0.4 is 5.32 Å². The van der Waals surface area contributed by atoms with Crippen molar-refractivity contribution in [1.29, 1.82) is 0 Å². The number of nitrogens with one attached hydrogen (secondary N) is 1. The third kappa shape index (κ3) is 4.77. The van der Waals surface area contributed by atoms with E-state index in [4.69, 9.17) is 4.74 Å².